The number of rotatable bonds is 14. The van der Waals surface area contributed by atoms with E-state index in [1.165, 1.54) is 0 Å². The molecule has 0 spiro atoms. The first-order valence-corrected chi connectivity index (χ1v) is 30.3. The molecule has 224 valence electrons. The second-order valence-electron chi connectivity index (χ2n) is 13.1. The Hall–Kier alpha value is 0.501. The molecule has 4 N–H and O–H groups in total. The highest BCUT2D eigenvalue weighted by Gasteiger charge is 2.57. The van der Waals surface area contributed by atoms with Crippen LogP contribution in [-0.4, -0.2) is 61.6 Å². The quantitative estimate of drug-likeness (QED) is 0.202. The zero-order valence-corrected chi connectivity index (χ0v) is 32.7. The lowest BCUT2D eigenvalue weighted by Gasteiger charge is -2.50. The minimum Gasteiger partial charge on any atom is -0.454 e. The fourth-order valence-electron chi connectivity index (χ4n) is 5.75. The van der Waals surface area contributed by atoms with Gasteiger partial charge >= 0.3 is 34.2 Å². The Balaban J connectivity index is 3.31. The molecule has 1 aliphatic heterocycles. The predicted molar refractivity (Wildman–Crippen MR) is 177 cm³/mol. The van der Waals surface area contributed by atoms with Crippen molar-refractivity contribution < 1.29 is 20.6 Å². The highest BCUT2D eigenvalue weighted by atomic mass is 28.5. The van der Waals surface area contributed by atoms with Crippen molar-refractivity contribution in [1.29, 1.82) is 0 Å². The first-order valence-electron chi connectivity index (χ1n) is 14.4. The topological polar surface area (TPSA) is 98.2 Å². The molecule has 0 aromatic carbocycles. The molecule has 1 saturated heterocycles. The van der Waals surface area contributed by atoms with Crippen LogP contribution in [-0.2, 0) is 20.6 Å². The third-order valence-electron chi connectivity index (χ3n) is 8.67. The van der Waals surface area contributed by atoms with Gasteiger partial charge in [0.15, 0.2) is 16.6 Å². The zero-order valence-electron chi connectivity index (χ0n) is 26.7. The molecule has 0 saturated carbocycles. The summed E-state index contributed by atoms with van der Waals surface area (Å²) in [6.45, 7) is 34.4. The summed E-state index contributed by atoms with van der Waals surface area (Å²) in [5.41, 5.74) is 17.0. The minimum absolute atomic E-state index is 0.236. The van der Waals surface area contributed by atoms with Crippen molar-refractivity contribution in [3.63, 3.8) is 0 Å². The third-order valence-corrected chi connectivity index (χ3v) is 35.4. The van der Waals surface area contributed by atoms with Crippen LogP contribution in [0, 0.1) is 0 Å². The summed E-state index contributed by atoms with van der Waals surface area (Å²) >= 11 is 0. The molecule has 0 bridgehead atoms. The molecule has 7 nitrogen and oxygen atoms in total. The van der Waals surface area contributed by atoms with Gasteiger partial charge in [-0.1, -0.05) is 39.1 Å². The van der Waals surface area contributed by atoms with Gasteiger partial charge in [-0.3, -0.25) is 0 Å². The fourth-order valence-corrected chi connectivity index (χ4v) is 38.8. The first-order chi connectivity index (χ1) is 17.1. The first kappa shape index (κ1) is 36.5. The molecular weight excluding hydrogens is 577 g/mol. The molecule has 1 aliphatic rings. The lowest BCUT2D eigenvalue weighted by Crippen LogP contribution is -2.68. The molecule has 38 heavy (non-hydrogen) atoms. The molecule has 13 heteroatoms. The summed E-state index contributed by atoms with van der Waals surface area (Å²) in [6.07, 6.45) is 3.56. The van der Waals surface area contributed by atoms with Crippen molar-refractivity contribution in [2.45, 2.75) is 135 Å². The van der Waals surface area contributed by atoms with Gasteiger partial charge in [-0.15, -0.1) is 13.2 Å². The van der Waals surface area contributed by atoms with E-state index in [9.17, 15) is 0 Å². The molecule has 0 aliphatic carbocycles. The van der Waals surface area contributed by atoms with Crippen LogP contribution in [0.15, 0.2) is 24.6 Å². The van der Waals surface area contributed by atoms with E-state index in [1.54, 1.807) is 0 Å². The van der Waals surface area contributed by atoms with E-state index in [0.717, 1.165) is 37.8 Å². The molecule has 1 heterocycles. The lowest BCUT2D eigenvalue weighted by molar-refractivity contribution is 0.228. The fraction of sp³-hybridized carbons (Fsp3) is 0.840. The second-order valence-corrected chi connectivity index (χ2v) is 35.5. The Labute approximate surface area is 241 Å². The van der Waals surface area contributed by atoms with E-state index >= 15 is 0 Å². The molecule has 0 aromatic rings. The normalized spacial score (nSPS) is 31.9. The Kier molecular flexibility index (Phi) is 12.3. The van der Waals surface area contributed by atoms with Crippen LogP contribution in [0.2, 0.25) is 70.5 Å². The minimum atomic E-state index is -2.82. The van der Waals surface area contributed by atoms with Crippen LogP contribution in [0.3, 0.4) is 0 Å². The summed E-state index contributed by atoms with van der Waals surface area (Å²) in [6, 6.07) is 2.40. The molecular formula is C25H60N2O5Si6. The molecule has 1 rings (SSSR count). The van der Waals surface area contributed by atoms with Gasteiger partial charge < -0.3 is 32.0 Å². The average Bonchev–Trinajstić information content (AvgIpc) is 2.80. The van der Waals surface area contributed by atoms with Gasteiger partial charge in [0.2, 0.25) is 0 Å². The van der Waals surface area contributed by atoms with E-state index < -0.39 is 50.9 Å². The largest absolute Gasteiger partial charge is 0.454 e. The summed E-state index contributed by atoms with van der Waals surface area (Å²) < 4.78 is 34.9. The monoisotopic (exact) mass is 636 g/mol. The van der Waals surface area contributed by atoms with Gasteiger partial charge in [-0.25, -0.2) is 0 Å². The van der Waals surface area contributed by atoms with Crippen molar-refractivity contribution in [2.24, 2.45) is 11.5 Å². The van der Waals surface area contributed by atoms with Gasteiger partial charge in [-0.05, 0) is 90.1 Å². The van der Waals surface area contributed by atoms with Crippen LogP contribution in [0.25, 0.3) is 0 Å². The Morgan fingerprint density at radius 1 is 0.737 bits per heavy atom. The van der Waals surface area contributed by atoms with Crippen LogP contribution >= 0.6 is 0 Å². The van der Waals surface area contributed by atoms with Gasteiger partial charge in [0.05, 0.1) is 0 Å². The van der Waals surface area contributed by atoms with Gasteiger partial charge in [0, 0.05) is 16.7 Å². The van der Waals surface area contributed by atoms with E-state index in [4.69, 9.17) is 32.0 Å². The SMILES string of the molecule is C=C[Si]1(C)O[Si](C)(CC[Si](C)(C)O[Si](C)(C)C(N)(CC)CC)O[Si](C)(C=C)O[Si](C)(CC(N)(CC)CC)O1. The van der Waals surface area contributed by atoms with Crippen molar-refractivity contribution in [2.75, 3.05) is 0 Å². The van der Waals surface area contributed by atoms with E-state index in [2.05, 4.69) is 93.2 Å². The average molecular weight is 637 g/mol. The number of hydrogen-bond donors (Lipinski definition) is 2. The lowest BCUT2D eigenvalue weighted by atomic mass is 9.97. The van der Waals surface area contributed by atoms with E-state index in [-0.39, 0.29) is 10.7 Å². The zero-order chi connectivity index (χ0) is 29.9. The smallest absolute Gasteiger partial charge is 0.343 e. The highest BCUT2D eigenvalue weighted by molar-refractivity contribution is 6.96. The maximum absolute atomic E-state index is 7.01. The molecule has 1 fully saturated rings. The molecule has 0 radical (unpaired) electrons. The van der Waals surface area contributed by atoms with E-state index in [0.29, 0.717) is 6.04 Å². The number of nitrogens with two attached hydrogens (primary N) is 2. The molecule has 0 aromatic heterocycles. The van der Waals surface area contributed by atoms with Gasteiger partial charge in [0.25, 0.3) is 0 Å². The van der Waals surface area contributed by atoms with Gasteiger partial charge in [0.1, 0.15) is 0 Å². The molecule has 2 unspecified atom stereocenters. The van der Waals surface area contributed by atoms with Crippen molar-refractivity contribution in [3.8, 4) is 0 Å². The van der Waals surface area contributed by atoms with Gasteiger partial charge in [-0.2, -0.15) is 0 Å². The van der Waals surface area contributed by atoms with Crippen LogP contribution in [0.1, 0.15) is 53.4 Å². The molecule has 2 atom stereocenters. The van der Waals surface area contributed by atoms with Crippen LogP contribution < -0.4 is 11.5 Å². The second kappa shape index (κ2) is 12.8. The Bertz CT molecular complexity index is 798. The maximum atomic E-state index is 7.01. The van der Waals surface area contributed by atoms with Crippen molar-refractivity contribution in [3.05, 3.63) is 24.6 Å². The Morgan fingerprint density at radius 2 is 1.13 bits per heavy atom. The van der Waals surface area contributed by atoms with E-state index in [1.807, 2.05) is 11.4 Å². The van der Waals surface area contributed by atoms with Crippen molar-refractivity contribution >= 4 is 50.9 Å². The Morgan fingerprint density at radius 3 is 1.47 bits per heavy atom. The van der Waals surface area contributed by atoms with Crippen molar-refractivity contribution in [1.82, 2.24) is 0 Å². The number of hydrogen-bond acceptors (Lipinski definition) is 7. The summed E-state index contributed by atoms with van der Waals surface area (Å²) in [4.78, 5) is 0. The van der Waals surface area contributed by atoms with Crippen LogP contribution in [0.4, 0.5) is 0 Å². The standard InChI is InChI=1S/C25H60N2O5Si6/c1-15-24(26,16-2)23-38(14)31-35(11,19-5)29-37(13,30-36(12,20-6)32-38)22-21-33(7,8)28-34(9,10)25(27,17-3)18-4/h19-20H,5-6,15-18,21-23,26-27H2,1-4,7-14H3. The summed E-state index contributed by atoms with van der Waals surface area (Å²) in [7, 11) is -15.4. The maximum Gasteiger partial charge on any atom is 0.343 e. The summed E-state index contributed by atoms with van der Waals surface area (Å²) in [5.74, 6) is 0. The highest BCUT2D eigenvalue weighted by Crippen LogP contribution is 2.39. The van der Waals surface area contributed by atoms with Crippen LogP contribution in [0.5, 0.6) is 0 Å². The third kappa shape index (κ3) is 9.26. The summed E-state index contributed by atoms with van der Waals surface area (Å²) in [5, 5.41) is -0.236. The molecule has 0 amide bonds. The predicted octanol–water partition coefficient (Wildman–Crippen LogP) is 6.81.